The Balaban J connectivity index is 1.97. The van der Waals surface area contributed by atoms with Crippen molar-refractivity contribution in [1.82, 2.24) is 5.32 Å². The van der Waals surface area contributed by atoms with Crippen LogP contribution in [0.2, 0.25) is 0 Å². The zero-order valence-electron chi connectivity index (χ0n) is 10.0. The highest BCUT2D eigenvalue weighted by Crippen LogP contribution is 2.25. The molecule has 1 atom stereocenters. The van der Waals surface area contributed by atoms with Crippen molar-refractivity contribution < 1.29 is 4.39 Å². The Hall–Kier alpha value is -0.610. The van der Waals surface area contributed by atoms with Crippen molar-refractivity contribution in [2.24, 2.45) is 0 Å². The van der Waals surface area contributed by atoms with Crippen molar-refractivity contribution >= 4 is 21.6 Å². The van der Waals surface area contributed by atoms with Crippen molar-refractivity contribution in [3.63, 3.8) is 0 Å². The lowest BCUT2D eigenvalue weighted by atomic mass is 10.2. The van der Waals surface area contributed by atoms with E-state index in [2.05, 4.69) is 33.1 Å². The minimum absolute atomic E-state index is 0.188. The molecule has 2 nitrogen and oxygen atoms in total. The number of hydrogen-bond donors (Lipinski definition) is 1. The van der Waals surface area contributed by atoms with E-state index in [1.54, 1.807) is 12.1 Å². The lowest BCUT2D eigenvalue weighted by Gasteiger charge is -2.19. The topological polar surface area (TPSA) is 15.3 Å². The van der Waals surface area contributed by atoms with E-state index in [9.17, 15) is 4.39 Å². The van der Waals surface area contributed by atoms with Crippen LogP contribution in [-0.4, -0.2) is 25.7 Å². The maximum atomic E-state index is 13.4. The molecule has 1 fully saturated rings. The van der Waals surface area contributed by atoms with E-state index in [0.29, 0.717) is 10.5 Å². The molecule has 0 aliphatic carbocycles. The molecule has 1 aliphatic rings. The largest absolute Gasteiger partial charge is 0.370 e. The highest BCUT2D eigenvalue weighted by molar-refractivity contribution is 9.10. The molecule has 1 N–H and O–H groups in total. The summed E-state index contributed by atoms with van der Waals surface area (Å²) in [6, 6.07) is 5.89. The van der Waals surface area contributed by atoms with Crippen LogP contribution in [0.5, 0.6) is 0 Å². The summed E-state index contributed by atoms with van der Waals surface area (Å²) in [5, 5.41) is 3.51. The first-order chi connectivity index (χ1) is 8.20. The van der Waals surface area contributed by atoms with Gasteiger partial charge in [0.2, 0.25) is 0 Å². The number of anilines is 1. The molecule has 0 radical (unpaired) electrons. The Morgan fingerprint density at radius 3 is 3.06 bits per heavy atom. The van der Waals surface area contributed by atoms with E-state index in [-0.39, 0.29) is 5.82 Å². The van der Waals surface area contributed by atoms with E-state index in [0.717, 1.165) is 38.2 Å². The van der Waals surface area contributed by atoms with Gasteiger partial charge in [-0.2, -0.15) is 0 Å². The molecular weight excluding hydrogens is 283 g/mol. The number of rotatable bonds is 4. The monoisotopic (exact) mass is 300 g/mol. The van der Waals surface area contributed by atoms with E-state index < -0.39 is 0 Å². The number of nitrogens with zero attached hydrogens (tertiary/aromatic N) is 1. The Kier molecular flexibility index (Phi) is 4.40. The van der Waals surface area contributed by atoms with E-state index in [1.807, 2.05) is 6.07 Å². The average Bonchev–Trinajstić information content (AvgIpc) is 2.79. The highest BCUT2D eigenvalue weighted by Gasteiger charge is 2.22. The lowest BCUT2D eigenvalue weighted by molar-refractivity contribution is 0.549. The van der Waals surface area contributed by atoms with Gasteiger partial charge in [0.25, 0.3) is 0 Å². The first kappa shape index (κ1) is 12.8. The Morgan fingerprint density at radius 2 is 2.35 bits per heavy atom. The van der Waals surface area contributed by atoms with Crippen LogP contribution in [-0.2, 0) is 0 Å². The molecule has 1 aliphatic heterocycles. The quantitative estimate of drug-likeness (QED) is 0.919. The third kappa shape index (κ3) is 3.19. The fraction of sp³-hybridized carbons (Fsp3) is 0.538. The van der Waals surface area contributed by atoms with Crippen LogP contribution in [0, 0.1) is 5.82 Å². The molecule has 1 unspecified atom stereocenters. The molecule has 1 heterocycles. The number of nitrogens with one attached hydrogen (secondary N) is 1. The zero-order chi connectivity index (χ0) is 12.3. The molecule has 4 heteroatoms. The molecule has 1 aromatic carbocycles. The van der Waals surface area contributed by atoms with E-state index in [1.165, 1.54) is 0 Å². The summed E-state index contributed by atoms with van der Waals surface area (Å²) in [6.07, 6.45) is 2.29. The van der Waals surface area contributed by atoms with Gasteiger partial charge in [0.1, 0.15) is 5.82 Å². The molecule has 0 spiro atoms. The Morgan fingerprint density at radius 1 is 1.53 bits per heavy atom. The number of benzene rings is 1. The van der Waals surface area contributed by atoms with Gasteiger partial charge in [-0.3, -0.25) is 0 Å². The van der Waals surface area contributed by atoms with Gasteiger partial charge in [0.05, 0.1) is 4.47 Å². The second-order valence-corrected chi connectivity index (χ2v) is 5.34. The van der Waals surface area contributed by atoms with Crippen LogP contribution in [0.1, 0.15) is 19.8 Å². The molecule has 0 amide bonds. The third-order valence-corrected chi connectivity index (χ3v) is 3.78. The van der Waals surface area contributed by atoms with E-state index in [4.69, 9.17) is 0 Å². The SMILES string of the molecule is CCCNC1CCN(c2ccc(Br)c(F)c2)C1. The minimum Gasteiger partial charge on any atom is -0.370 e. The van der Waals surface area contributed by atoms with Crippen molar-refractivity contribution in [2.45, 2.75) is 25.8 Å². The highest BCUT2D eigenvalue weighted by atomic mass is 79.9. The molecule has 94 valence electrons. The van der Waals surface area contributed by atoms with Gasteiger partial charge in [0.15, 0.2) is 0 Å². The predicted molar refractivity (Wildman–Crippen MR) is 73.0 cm³/mol. The maximum absolute atomic E-state index is 13.4. The second-order valence-electron chi connectivity index (χ2n) is 4.48. The lowest BCUT2D eigenvalue weighted by Crippen LogP contribution is -2.32. The smallest absolute Gasteiger partial charge is 0.139 e. The number of halogens is 2. The van der Waals surface area contributed by atoms with Crippen LogP contribution in [0.4, 0.5) is 10.1 Å². The zero-order valence-corrected chi connectivity index (χ0v) is 11.6. The fourth-order valence-corrected chi connectivity index (χ4v) is 2.44. The van der Waals surface area contributed by atoms with Crippen molar-refractivity contribution in [1.29, 1.82) is 0 Å². The molecule has 2 rings (SSSR count). The van der Waals surface area contributed by atoms with Crippen LogP contribution in [0.25, 0.3) is 0 Å². The Bertz CT molecular complexity index is 384. The van der Waals surface area contributed by atoms with Crippen LogP contribution in [0.3, 0.4) is 0 Å². The molecule has 0 aromatic heterocycles. The van der Waals surface area contributed by atoms with Crippen LogP contribution >= 0.6 is 15.9 Å². The summed E-state index contributed by atoms with van der Waals surface area (Å²) in [4.78, 5) is 2.24. The minimum atomic E-state index is -0.188. The van der Waals surface area contributed by atoms with Gasteiger partial charge in [-0.15, -0.1) is 0 Å². The fourth-order valence-electron chi connectivity index (χ4n) is 2.19. The Labute approximate surface area is 110 Å². The standard InChI is InChI=1S/C13H18BrFN2/c1-2-6-16-10-5-7-17(9-10)11-3-4-12(14)13(15)8-11/h3-4,8,10,16H,2,5-7,9H2,1H3. The van der Waals surface area contributed by atoms with Crippen LogP contribution in [0.15, 0.2) is 22.7 Å². The average molecular weight is 301 g/mol. The summed E-state index contributed by atoms with van der Waals surface area (Å²) in [6.45, 7) is 5.21. The summed E-state index contributed by atoms with van der Waals surface area (Å²) in [5.74, 6) is -0.188. The normalized spacial score (nSPS) is 19.9. The summed E-state index contributed by atoms with van der Waals surface area (Å²) >= 11 is 3.18. The van der Waals surface area contributed by atoms with Crippen molar-refractivity contribution in [2.75, 3.05) is 24.5 Å². The van der Waals surface area contributed by atoms with Gasteiger partial charge < -0.3 is 10.2 Å². The van der Waals surface area contributed by atoms with Crippen LogP contribution < -0.4 is 10.2 Å². The van der Waals surface area contributed by atoms with Crippen molar-refractivity contribution in [3.8, 4) is 0 Å². The van der Waals surface area contributed by atoms with Gasteiger partial charge in [0, 0.05) is 24.8 Å². The molecule has 1 saturated heterocycles. The first-order valence-electron chi connectivity index (χ1n) is 6.14. The molecule has 0 bridgehead atoms. The second kappa shape index (κ2) is 5.83. The molecule has 0 saturated carbocycles. The maximum Gasteiger partial charge on any atom is 0.139 e. The predicted octanol–water partition coefficient (Wildman–Crippen LogP) is 3.17. The molecule has 1 aromatic rings. The van der Waals surface area contributed by atoms with Gasteiger partial charge in [-0.25, -0.2) is 4.39 Å². The summed E-state index contributed by atoms with van der Waals surface area (Å²) in [7, 11) is 0. The first-order valence-corrected chi connectivity index (χ1v) is 6.93. The summed E-state index contributed by atoms with van der Waals surface area (Å²) in [5.41, 5.74) is 0.978. The summed E-state index contributed by atoms with van der Waals surface area (Å²) < 4.78 is 14.0. The molecule has 17 heavy (non-hydrogen) atoms. The molecular formula is C13H18BrFN2. The van der Waals surface area contributed by atoms with Gasteiger partial charge in [-0.05, 0) is 53.5 Å². The van der Waals surface area contributed by atoms with Gasteiger partial charge in [-0.1, -0.05) is 6.92 Å². The number of hydrogen-bond acceptors (Lipinski definition) is 2. The van der Waals surface area contributed by atoms with E-state index >= 15 is 0 Å². The van der Waals surface area contributed by atoms with Gasteiger partial charge >= 0.3 is 0 Å². The third-order valence-electron chi connectivity index (χ3n) is 3.14. The van der Waals surface area contributed by atoms with Crippen molar-refractivity contribution in [3.05, 3.63) is 28.5 Å².